The molecular formula is C13H16N2O2. The number of rotatable bonds is 1. The molecule has 4 heteroatoms. The second-order valence-electron chi connectivity index (χ2n) is 4.85. The van der Waals surface area contributed by atoms with Gasteiger partial charge in [-0.2, -0.15) is 0 Å². The molecule has 0 atom stereocenters. The van der Waals surface area contributed by atoms with Crippen LogP contribution in [0.2, 0.25) is 0 Å². The van der Waals surface area contributed by atoms with Crippen LogP contribution in [-0.2, 0) is 4.74 Å². The Hall–Kier alpha value is -1.97. The molecule has 1 N–H and O–H groups in total. The Kier molecular flexibility index (Phi) is 2.79. The van der Waals surface area contributed by atoms with Crippen molar-refractivity contribution in [2.75, 3.05) is 5.32 Å². The van der Waals surface area contributed by atoms with Crippen LogP contribution >= 0.6 is 0 Å². The van der Waals surface area contributed by atoms with E-state index in [2.05, 4.69) is 5.32 Å². The topological polar surface area (TPSA) is 42.7 Å². The molecule has 4 nitrogen and oxygen atoms in total. The third-order valence-electron chi connectivity index (χ3n) is 2.20. The van der Waals surface area contributed by atoms with Gasteiger partial charge in [-0.25, -0.2) is 4.79 Å². The van der Waals surface area contributed by atoms with Crippen molar-refractivity contribution in [1.29, 1.82) is 0 Å². The van der Waals surface area contributed by atoms with Crippen LogP contribution in [0.1, 0.15) is 20.8 Å². The maximum atomic E-state index is 11.6. The van der Waals surface area contributed by atoms with Gasteiger partial charge in [0.25, 0.3) is 0 Å². The zero-order valence-electron chi connectivity index (χ0n) is 10.2. The van der Waals surface area contributed by atoms with E-state index in [1.54, 1.807) is 0 Å². The maximum absolute atomic E-state index is 11.6. The molecular weight excluding hydrogens is 216 g/mol. The van der Waals surface area contributed by atoms with Crippen LogP contribution in [-0.4, -0.2) is 16.1 Å². The van der Waals surface area contributed by atoms with Crippen LogP contribution in [0.3, 0.4) is 0 Å². The van der Waals surface area contributed by atoms with Crippen molar-refractivity contribution in [2.24, 2.45) is 0 Å². The van der Waals surface area contributed by atoms with E-state index in [1.807, 2.05) is 61.8 Å². The summed E-state index contributed by atoms with van der Waals surface area (Å²) in [5.41, 5.74) is 1.21. The minimum Gasteiger partial charge on any atom is -0.444 e. The molecule has 0 fully saturated rings. The van der Waals surface area contributed by atoms with Crippen molar-refractivity contribution >= 4 is 17.3 Å². The molecule has 2 rings (SSSR count). The third-order valence-corrected chi connectivity index (χ3v) is 2.20. The van der Waals surface area contributed by atoms with Gasteiger partial charge in [0, 0.05) is 12.4 Å². The lowest BCUT2D eigenvalue weighted by Gasteiger charge is -2.19. The summed E-state index contributed by atoms with van der Waals surface area (Å²) in [6, 6.07) is 7.64. The maximum Gasteiger partial charge on any atom is 0.412 e. The predicted octanol–water partition coefficient (Wildman–Crippen LogP) is 3.29. The summed E-state index contributed by atoms with van der Waals surface area (Å²) in [6.45, 7) is 5.51. The molecule has 1 amide bonds. The van der Waals surface area contributed by atoms with Gasteiger partial charge >= 0.3 is 6.09 Å². The number of anilines is 1. The monoisotopic (exact) mass is 232 g/mol. The highest BCUT2D eigenvalue weighted by Gasteiger charge is 2.16. The van der Waals surface area contributed by atoms with Gasteiger partial charge in [0.2, 0.25) is 0 Å². The van der Waals surface area contributed by atoms with Crippen molar-refractivity contribution in [3.63, 3.8) is 0 Å². The summed E-state index contributed by atoms with van der Waals surface area (Å²) in [5, 5.41) is 2.74. The Morgan fingerprint density at radius 2 is 2.00 bits per heavy atom. The molecule has 0 aliphatic heterocycles. The molecule has 0 unspecified atom stereocenters. The van der Waals surface area contributed by atoms with E-state index in [0.29, 0.717) is 0 Å². The van der Waals surface area contributed by atoms with E-state index in [1.165, 1.54) is 0 Å². The van der Waals surface area contributed by atoms with E-state index in [-0.39, 0.29) is 0 Å². The fraction of sp³-hybridized carbons (Fsp3) is 0.308. The third kappa shape index (κ3) is 2.78. The number of aromatic nitrogens is 1. The fourth-order valence-corrected chi connectivity index (χ4v) is 1.57. The number of nitrogens with one attached hydrogen (secondary N) is 1. The molecule has 2 aromatic rings. The van der Waals surface area contributed by atoms with Gasteiger partial charge in [-0.05, 0) is 39.0 Å². The largest absolute Gasteiger partial charge is 0.444 e. The normalized spacial score (nSPS) is 11.5. The number of amides is 1. The van der Waals surface area contributed by atoms with E-state index in [9.17, 15) is 4.79 Å². The molecule has 0 saturated carbocycles. The smallest absolute Gasteiger partial charge is 0.412 e. The number of hydrogen-bond donors (Lipinski definition) is 1. The number of carbonyl (C=O) groups is 1. The summed E-state index contributed by atoms with van der Waals surface area (Å²) >= 11 is 0. The lowest BCUT2D eigenvalue weighted by molar-refractivity contribution is 0.0636. The van der Waals surface area contributed by atoms with Crippen molar-refractivity contribution in [3.05, 3.63) is 36.7 Å². The zero-order valence-corrected chi connectivity index (χ0v) is 10.2. The fourth-order valence-electron chi connectivity index (χ4n) is 1.57. The molecule has 17 heavy (non-hydrogen) atoms. The predicted molar refractivity (Wildman–Crippen MR) is 67.3 cm³/mol. The Morgan fingerprint density at radius 3 is 2.71 bits per heavy atom. The number of ether oxygens (including phenoxy) is 1. The number of hydrogen-bond acceptors (Lipinski definition) is 2. The molecule has 90 valence electrons. The molecule has 0 aromatic carbocycles. The standard InChI is InChI=1S/C13H16N2O2/c1-13(2,3)17-12(16)14-10-7-9-15-8-5-4-6-11(10)15/h4-9H,1-3H3,(H,14,16). The van der Waals surface area contributed by atoms with E-state index in [4.69, 9.17) is 4.74 Å². The first kappa shape index (κ1) is 11.5. The van der Waals surface area contributed by atoms with Crippen molar-refractivity contribution in [1.82, 2.24) is 4.40 Å². The van der Waals surface area contributed by atoms with Gasteiger partial charge in [0.05, 0.1) is 11.2 Å². The number of nitrogens with zero attached hydrogens (tertiary/aromatic N) is 1. The number of pyridine rings is 1. The molecule has 0 radical (unpaired) electrons. The van der Waals surface area contributed by atoms with Crippen LogP contribution in [0.25, 0.3) is 5.52 Å². The summed E-state index contributed by atoms with van der Waals surface area (Å²) in [6.07, 6.45) is 3.38. The van der Waals surface area contributed by atoms with Gasteiger partial charge in [0.15, 0.2) is 0 Å². The molecule has 2 heterocycles. The first-order valence-electron chi connectivity index (χ1n) is 5.51. The Balaban J connectivity index is 2.16. The van der Waals surface area contributed by atoms with Gasteiger partial charge in [-0.15, -0.1) is 0 Å². The Morgan fingerprint density at radius 1 is 1.24 bits per heavy atom. The van der Waals surface area contributed by atoms with E-state index >= 15 is 0 Å². The number of fused-ring (bicyclic) bond motifs is 1. The van der Waals surface area contributed by atoms with Gasteiger partial charge in [-0.1, -0.05) is 6.07 Å². The van der Waals surface area contributed by atoms with Crippen LogP contribution < -0.4 is 5.32 Å². The summed E-state index contributed by atoms with van der Waals surface area (Å²) in [7, 11) is 0. The highest BCUT2D eigenvalue weighted by Crippen LogP contribution is 2.19. The highest BCUT2D eigenvalue weighted by atomic mass is 16.6. The van der Waals surface area contributed by atoms with Gasteiger partial charge in [-0.3, -0.25) is 5.32 Å². The van der Waals surface area contributed by atoms with Crippen LogP contribution in [0.5, 0.6) is 0 Å². The van der Waals surface area contributed by atoms with E-state index < -0.39 is 11.7 Å². The summed E-state index contributed by atoms with van der Waals surface area (Å²) in [4.78, 5) is 11.6. The van der Waals surface area contributed by atoms with Gasteiger partial charge in [0.1, 0.15) is 5.60 Å². The Labute approximate surface area is 100 Å². The Bertz CT molecular complexity index is 538. The molecule has 0 bridgehead atoms. The first-order chi connectivity index (χ1) is 7.96. The quantitative estimate of drug-likeness (QED) is 0.819. The number of carbonyl (C=O) groups excluding carboxylic acids is 1. The zero-order chi connectivity index (χ0) is 12.5. The second kappa shape index (κ2) is 4.13. The van der Waals surface area contributed by atoms with Crippen molar-refractivity contribution in [3.8, 4) is 0 Å². The molecule has 0 aliphatic carbocycles. The van der Waals surface area contributed by atoms with Gasteiger partial charge < -0.3 is 9.14 Å². The van der Waals surface area contributed by atoms with Crippen molar-refractivity contribution < 1.29 is 9.53 Å². The van der Waals surface area contributed by atoms with Crippen LogP contribution in [0.4, 0.5) is 10.5 Å². The molecule has 0 spiro atoms. The first-order valence-corrected chi connectivity index (χ1v) is 5.51. The minimum absolute atomic E-state index is 0.436. The summed E-state index contributed by atoms with van der Waals surface area (Å²) in [5.74, 6) is 0. The lowest BCUT2D eigenvalue weighted by Crippen LogP contribution is -2.27. The van der Waals surface area contributed by atoms with Crippen LogP contribution in [0.15, 0.2) is 36.7 Å². The average molecular weight is 232 g/mol. The van der Waals surface area contributed by atoms with Crippen LogP contribution in [0, 0.1) is 0 Å². The van der Waals surface area contributed by atoms with Crippen molar-refractivity contribution in [2.45, 2.75) is 26.4 Å². The van der Waals surface area contributed by atoms with E-state index in [0.717, 1.165) is 11.2 Å². The molecule has 0 aliphatic rings. The SMILES string of the molecule is CC(C)(C)OC(=O)Nc1ccn2ccccc12. The minimum atomic E-state index is -0.486. The average Bonchev–Trinajstić information content (AvgIpc) is 2.59. The highest BCUT2D eigenvalue weighted by molar-refractivity contribution is 5.91. The molecule has 2 aromatic heterocycles. The lowest BCUT2D eigenvalue weighted by atomic mass is 10.2. The second-order valence-corrected chi connectivity index (χ2v) is 4.85. The molecule has 0 saturated heterocycles. The summed E-state index contributed by atoms with van der Waals surface area (Å²) < 4.78 is 7.14.